The molecule has 3 aromatic rings. The number of ether oxygens (including phenoxy) is 1. The standard InChI is InChI=1S/C18H15Cl2N3OS/c1-11(13-5-8-15(19)16(20)9-13)22-23-18-21-17(10-25-18)12-3-6-14(24-2)7-4-12/h3-10H,1-2H3,(H,21,23)/b22-11+. The SMILES string of the molecule is COc1ccc(-c2csc(N/N=C(\C)c3ccc(Cl)c(Cl)c3)n2)cc1. The van der Waals surface area contributed by atoms with Crippen molar-refractivity contribution in [3.63, 3.8) is 0 Å². The fraction of sp³-hybridized carbons (Fsp3) is 0.111. The molecule has 7 heteroatoms. The van der Waals surface area contributed by atoms with Gasteiger partial charge in [0.15, 0.2) is 0 Å². The minimum Gasteiger partial charge on any atom is -0.497 e. The average Bonchev–Trinajstić information content (AvgIpc) is 3.11. The van der Waals surface area contributed by atoms with Crippen molar-refractivity contribution in [2.75, 3.05) is 12.5 Å². The highest BCUT2D eigenvalue weighted by Gasteiger charge is 2.06. The molecule has 0 unspecified atom stereocenters. The summed E-state index contributed by atoms with van der Waals surface area (Å²) in [5.74, 6) is 0.819. The Morgan fingerprint density at radius 2 is 1.88 bits per heavy atom. The number of thiazole rings is 1. The van der Waals surface area contributed by atoms with Gasteiger partial charge in [0.1, 0.15) is 5.75 Å². The van der Waals surface area contributed by atoms with E-state index in [-0.39, 0.29) is 0 Å². The Morgan fingerprint density at radius 1 is 1.12 bits per heavy atom. The molecule has 4 nitrogen and oxygen atoms in total. The Kier molecular flexibility index (Phi) is 5.58. The Hall–Kier alpha value is -2.08. The zero-order chi connectivity index (χ0) is 17.8. The lowest BCUT2D eigenvalue weighted by Crippen LogP contribution is -1.99. The molecule has 0 amide bonds. The maximum Gasteiger partial charge on any atom is 0.203 e. The summed E-state index contributed by atoms with van der Waals surface area (Å²) in [6.45, 7) is 1.89. The molecule has 0 radical (unpaired) electrons. The quantitative estimate of drug-likeness (QED) is 0.430. The molecular weight excluding hydrogens is 377 g/mol. The van der Waals surface area contributed by atoms with Crippen molar-refractivity contribution in [3.8, 4) is 17.0 Å². The molecule has 1 aromatic heterocycles. The van der Waals surface area contributed by atoms with Crippen LogP contribution >= 0.6 is 34.5 Å². The van der Waals surface area contributed by atoms with Gasteiger partial charge in [-0.1, -0.05) is 29.3 Å². The van der Waals surface area contributed by atoms with Gasteiger partial charge in [0, 0.05) is 10.9 Å². The number of benzene rings is 2. The predicted molar refractivity (Wildman–Crippen MR) is 106 cm³/mol. The van der Waals surface area contributed by atoms with E-state index >= 15 is 0 Å². The third-order valence-corrected chi connectivity index (χ3v) is 5.03. The molecule has 0 bridgehead atoms. The number of hydrogen-bond donors (Lipinski definition) is 1. The summed E-state index contributed by atoms with van der Waals surface area (Å²) >= 11 is 13.5. The van der Waals surface area contributed by atoms with Gasteiger partial charge in [0.2, 0.25) is 5.13 Å². The molecule has 0 aliphatic carbocycles. The van der Waals surface area contributed by atoms with Gasteiger partial charge in [-0.05, 0) is 48.9 Å². The lowest BCUT2D eigenvalue weighted by molar-refractivity contribution is 0.415. The van der Waals surface area contributed by atoms with Crippen LogP contribution in [0.3, 0.4) is 0 Å². The van der Waals surface area contributed by atoms with Crippen LogP contribution in [0.1, 0.15) is 12.5 Å². The van der Waals surface area contributed by atoms with Gasteiger partial charge in [-0.25, -0.2) is 4.98 Å². The van der Waals surface area contributed by atoms with Gasteiger partial charge in [-0.3, -0.25) is 5.43 Å². The molecule has 0 aliphatic heterocycles. The predicted octanol–water partition coefficient (Wildman–Crippen LogP) is 5.96. The van der Waals surface area contributed by atoms with E-state index in [0.717, 1.165) is 28.3 Å². The maximum atomic E-state index is 6.04. The highest BCUT2D eigenvalue weighted by Crippen LogP contribution is 2.27. The molecule has 0 saturated heterocycles. The first kappa shape index (κ1) is 17.7. The zero-order valence-corrected chi connectivity index (χ0v) is 15.9. The fourth-order valence-corrected chi connectivity index (χ4v) is 3.10. The van der Waals surface area contributed by atoms with Gasteiger partial charge in [-0.2, -0.15) is 5.10 Å². The third kappa shape index (κ3) is 4.31. The summed E-state index contributed by atoms with van der Waals surface area (Å²) in [5.41, 5.74) is 6.58. The second-order valence-electron chi connectivity index (χ2n) is 5.20. The minimum atomic E-state index is 0.504. The molecule has 128 valence electrons. The van der Waals surface area contributed by atoms with Crippen molar-refractivity contribution < 1.29 is 4.74 Å². The molecule has 1 N–H and O–H groups in total. The lowest BCUT2D eigenvalue weighted by atomic mass is 10.1. The van der Waals surface area contributed by atoms with Crippen molar-refractivity contribution in [3.05, 3.63) is 63.5 Å². The first-order chi connectivity index (χ1) is 12.1. The molecule has 1 heterocycles. The Labute approximate surface area is 160 Å². The normalized spacial score (nSPS) is 11.4. The number of halogens is 2. The van der Waals surface area contributed by atoms with E-state index in [2.05, 4.69) is 15.5 Å². The summed E-state index contributed by atoms with van der Waals surface area (Å²) < 4.78 is 5.17. The van der Waals surface area contributed by atoms with E-state index in [1.54, 1.807) is 19.2 Å². The van der Waals surface area contributed by atoms with Crippen LogP contribution in [0.25, 0.3) is 11.3 Å². The van der Waals surface area contributed by atoms with Crippen LogP contribution in [-0.4, -0.2) is 17.8 Å². The van der Waals surface area contributed by atoms with E-state index in [0.29, 0.717) is 15.2 Å². The molecule has 2 aromatic carbocycles. The Balaban J connectivity index is 1.73. The van der Waals surface area contributed by atoms with E-state index in [1.807, 2.05) is 42.6 Å². The van der Waals surface area contributed by atoms with Gasteiger partial charge < -0.3 is 4.74 Å². The summed E-state index contributed by atoms with van der Waals surface area (Å²) in [7, 11) is 1.65. The molecule has 0 saturated carbocycles. The molecule has 25 heavy (non-hydrogen) atoms. The number of rotatable bonds is 5. The molecule has 0 spiro atoms. The van der Waals surface area contributed by atoms with E-state index in [1.165, 1.54) is 11.3 Å². The number of hydrazone groups is 1. The van der Waals surface area contributed by atoms with Crippen LogP contribution in [0.4, 0.5) is 5.13 Å². The van der Waals surface area contributed by atoms with Gasteiger partial charge in [0.05, 0.1) is 28.6 Å². The second-order valence-corrected chi connectivity index (χ2v) is 6.88. The highest BCUT2D eigenvalue weighted by atomic mass is 35.5. The lowest BCUT2D eigenvalue weighted by Gasteiger charge is -2.03. The average molecular weight is 392 g/mol. The van der Waals surface area contributed by atoms with Crippen molar-refractivity contribution in [2.45, 2.75) is 6.92 Å². The van der Waals surface area contributed by atoms with Crippen LogP contribution in [0.2, 0.25) is 10.0 Å². The molecule has 0 aliphatic rings. The smallest absolute Gasteiger partial charge is 0.203 e. The number of aromatic nitrogens is 1. The number of nitrogens with one attached hydrogen (secondary N) is 1. The van der Waals surface area contributed by atoms with Crippen LogP contribution in [0, 0.1) is 0 Å². The number of hydrogen-bond acceptors (Lipinski definition) is 5. The van der Waals surface area contributed by atoms with Crippen molar-refractivity contribution in [1.82, 2.24) is 4.98 Å². The van der Waals surface area contributed by atoms with Crippen molar-refractivity contribution in [2.24, 2.45) is 5.10 Å². The van der Waals surface area contributed by atoms with E-state index in [4.69, 9.17) is 27.9 Å². The third-order valence-electron chi connectivity index (χ3n) is 3.55. The number of methoxy groups -OCH3 is 1. The summed E-state index contributed by atoms with van der Waals surface area (Å²) in [6.07, 6.45) is 0. The Bertz CT molecular complexity index is 907. The maximum absolute atomic E-state index is 6.04. The molecule has 0 atom stereocenters. The van der Waals surface area contributed by atoms with Crippen LogP contribution in [0.5, 0.6) is 5.75 Å². The van der Waals surface area contributed by atoms with Crippen LogP contribution < -0.4 is 10.2 Å². The van der Waals surface area contributed by atoms with E-state index < -0.39 is 0 Å². The largest absolute Gasteiger partial charge is 0.497 e. The van der Waals surface area contributed by atoms with Crippen molar-refractivity contribution >= 4 is 45.4 Å². The molecule has 0 fully saturated rings. The van der Waals surface area contributed by atoms with Gasteiger partial charge in [-0.15, -0.1) is 11.3 Å². The summed E-state index contributed by atoms with van der Waals surface area (Å²) in [4.78, 5) is 4.55. The monoisotopic (exact) mass is 391 g/mol. The molecular formula is C18H15Cl2N3OS. The van der Waals surface area contributed by atoms with E-state index in [9.17, 15) is 0 Å². The van der Waals surface area contributed by atoms with Gasteiger partial charge >= 0.3 is 0 Å². The summed E-state index contributed by atoms with van der Waals surface area (Å²) in [6, 6.07) is 13.2. The topological polar surface area (TPSA) is 46.5 Å². The second kappa shape index (κ2) is 7.87. The number of nitrogens with zero attached hydrogens (tertiary/aromatic N) is 2. The Morgan fingerprint density at radius 3 is 2.56 bits per heavy atom. The first-order valence-corrected chi connectivity index (χ1v) is 9.06. The fourth-order valence-electron chi connectivity index (χ4n) is 2.14. The van der Waals surface area contributed by atoms with Crippen molar-refractivity contribution in [1.29, 1.82) is 0 Å². The first-order valence-electron chi connectivity index (χ1n) is 7.42. The number of anilines is 1. The van der Waals surface area contributed by atoms with Crippen LogP contribution in [-0.2, 0) is 0 Å². The summed E-state index contributed by atoms with van der Waals surface area (Å²) in [5, 5.41) is 8.08. The minimum absolute atomic E-state index is 0.504. The van der Waals surface area contributed by atoms with Crippen LogP contribution in [0.15, 0.2) is 52.9 Å². The highest BCUT2D eigenvalue weighted by molar-refractivity contribution is 7.14. The zero-order valence-electron chi connectivity index (χ0n) is 13.6. The molecule has 3 rings (SSSR count). The van der Waals surface area contributed by atoms with Gasteiger partial charge in [0.25, 0.3) is 0 Å².